The van der Waals surface area contributed by atoms with Gasteiger partial charge in [0.1, 0.15) is 5.75 Å². The monoisotopic (exact) mass is 342 g/mol. The summed E-state index contributed by atoms with van der Waals surface area (Å²) in [4.78, 5) is 4.95. The van der Waals surface area contributed by atoms with Crippen LogP contribution in [-0.4, -0.2) is 40.1 Å². The highest BCUT2D eigenvalue weighted by atomic mass is 32.1. The lowest BCUT2D eigenvalue weighted by molar-refractivity contribution is 0.0436. The van der Waals surface area contributed by atoms with Crippen molar-refractivity contribution in [1.29, 1.82) is 0 Å². The van der Waals surface area contributed by atoms with Gasteiger partial charge in [-0.05, 0) is 60.9 Å². The molecule has 128 valence electrons. The summed E-state index contributed by atoms with van der Waals surface area (Å²) in [5.41, 5.74) is 3.59. The Hall–Kier alpha value is -1.78. The third-order valence-electron chi connectivity index (χ3n) is 4.90. The van der Waals surface area contributed by atoms with Gasteiger partial charge < -0.3 is 10.0 Å². The number of phenols is 1. The van der Waals surface area contributed by atoms with E-state index >= 15 is 0 Å². The number of benzene rings is 1. The first-order valence-electron chi connectivity index (χ1n) is 8.46. The second-order valence-corrected chi connectivity index (χ2v) is 7.62. The lowest BCUT2D eigenvalue weighted by Crippen LogP contribution is -2.56. The van der Waals surface area contributed by atoms with E-state index < -0.39 is 0 Å². The van der Waals surface area contributed by atoms with E-state index in [0.29, 0.717) is 17.8 Å². The van der Waals surface area contributed by atoms with Gasteiger partial charge in [0.05, 0.1) is 6.04 Å². The molecule has 1 fully saturated rings. The minimum atomic E-state index is 0.174. The third-order valence-corrected chi connectivity index (χ3v) is 5.60. The van der Waals surface area contributed by atoms with Crippen molar-refractivity contribution in [3.63, 3.8) is 0 Å². The van der Waals surface area contributed by atoms with E-state index in [1.165, 1.54) is 5.56 Å². The molecule has 3 rings (SSSR count). The molecule has 2 aromatic rings. The lowest BCUT2D eigenvalue weighted by Gasteiger charge is -2.48. The number of aromatic hydroxyl groups is 1. The van der Waals surface area contributed by atoms with Crippen LogP contribution in [0, 0.1) is 0 Å². The Morgan fingerprint density at radius 2 is 2.00 bits per heavy atom. The predicted octanol–water partition coefficient (Wildman–Crippen LogP) is 4.47. The van der Waals surface area contributed by atoms with Crippen molar-refractivity contribution in [2.45, 2.75) is 38.9 Å². The molecule has 1 aromatic carbocycles. The van der Waals surface area contributed by atoms with Crippen LogP contribution in [0.4, 0.5) is 0 Å². The highest BCUT2D eigenvalue weighted by Crippen LogP contribution is 2.35. The van der Waals surface area contributed by atoms with Crippen LogP contribution in [-0.2, 0) is 0 Å². The van der Waals surface area contributed by atoms with Gasteiger partial charge in [-0.2, -0.15) is 11.3 Å². The fraction of sp³-hybridized carbons (Fsp3) is 0.400. The summed E-state index contributed by atoms with van der Waals surface area (Å²) >= 11 is 1.72. The molecule has 0 amide bonds. The van der Waals surface area contributed by atoms with E-state index in [9.17, 15) is 5.11 Å². The summed E-state index contributed by atoms with van der Waals surface area (Å²) in [6.07, 6.45) is 0. The zero-order valence-electron chi connectivity index (χ0n) is 14.6. The maximum absolute atomic E-state index is 9.95. The molecule has 24 heavy (non-hydrogen) atoms. The van der Waals surface area contributed by atoms with Crippen LogP contribution in [0.3, 0.4) is 0 Å². The topological polar surface area (TPSA) is 26.7 Å². The van der Waals surface area contributed by atoms with Crippen molar-refractivity contribution in [2.24, 2.45) is 0 Å². The van der Waals surface area contributed by atoms with Crippen molar-refractivity contribution in [3.05, 3.63) is 64.5 Å². The van der Waals surface area contributed by atoms with Crippen molar-refractivity contribution < 1.29 is 5.11 Å². The first-order valence-corrected chi connectivity index (χ1v) is 9.40. The molecule has 3 nitrogen and oxygen atoms in total. The fourth-order valence-corrected chi connectivity index (χ4v) is 4.42. The Labute approximate surface area is 148 Å². The van der Waals surface area contributed by atoms with Gasteiger partial charge in [0.25, 0.3) is 0 Å². The predicted molar refractivity (Wildman–Crippen MR) is 101 cm³/mol. The molecule has 1 aromatic heterocycles. The smallest absolute Gasteiger partial charge is 0.115 e. The normalized spacial score (nSPS) is 23.2. The van der Waals surface area contributed by atoms with E-state index in [1.807, 2.05) is 12.1 Å². The van der Waals surface area contributed by atoms with Crippen molar-refractivity contribution in [3.8, 4) is 5.75 Å². The highest BCUT2D eigenvalue weighted by Gasteiger charge is 2.34. The second-order valence-electron chi connectivity index (χ2n) is 6.84. The summed E-state index contributed by atoms with van der Waals surface area (Å²) in [6, 6.07) is 10.9. The standard InChI is InChI=1S/C20H26N2OS/c1-14(2)21-11-16(4)22(12-15(21)3)20(18-8-9-24-13-18)17-6-5-7-19(23)10-17/h5-10,13,15-16,20,23H,1,11-12H2,2-4H3/t15-,16+,20+/m1/s1. The van der Waals surface area contributed by atoms with Crippen LogP contribution in [0.2, 0.25) is 0 Å². The van der Waals surface area contributed by atoms with Crippen LogP contribution in [0.1, 0.15) is 37.9 Å². The Morgan fingerprint density at radius 3 is 2.62 bits per heavy atom. The summed E-state index contributed by atoms with van der Waals surface area (Å²) in [5.74, 6) is 0.328. The average molecular weight is 343 g/mol. The van der Waals surface area contributed by atoms with Gasteiger partial charge in [0.15, 0.2) is 0 Å². The molecule has 1 aliphatic rings. The van der Waals surface area contributed by atoms with Crippen LogP contribution in [0.15, 0.2) is 53.4 Å². The zero-order chi connectivity index (χ0) is 17.3. The van der Waals surface area contributed by atoms with Crippen molar-refractivity contribution >= 4 is 11.3 Å². The number of allylic oxidation sites excluding steroid dienone is 1. The SMILES string of the molecule is C=C(C)N1C[C@H](C)N([C@H](c2ccsc2)c2cccc(O)c2)C[C@H]1C. The highest BCUT2D eigenvalue weighted by molar-refractivity contribution is 7.08. The van der Waals surface area contributed by atoms with Crippen molar-refractivity contribution in [2.75, 3.05) is 13.1 Å². The largest absolute Gasteiger partial charge is 0.508 e. The minimum Gasteiger partial charge on any atom is -0.508 e. The van der Waals surface area contributed by atoms with Gasteiger partial charge >= 0.3 is 0 Å². The summed E-state index contributed by atoms with van der Waals surface area (Å²) in [6.45, 7) is 12.7. The molecule has 1 N–H and O–H groups in total. The summed E-state index contributed by atoms with van der Waals surface area (Å²) < 4.78 is 0. The molecule has 2 heterocycles. The molecule has 0 radical (unpaired) electrons. The number of nitrogens with zero attached hydrogens (tertiary/aromatic N) is 2. The number of hydrogen-bond donors (Lipinski definition) is 1. The van der Waals surface area contributed by atoms with E-state index in [4.69, 9.17) is 0 Å². The molecular weight excluding hydrogens is 316 g/mol. The van der Waals surface area contributed by atoms with Gasteiger partial charge in [-0.3, -0.25) is 4.90 Å². The number of phenolic OH excluding ortho intramolecular Hbond substituents is 1. The van der Waals surface area contributed by atoms with Gasteiger partial charge in [0.2, 0.25) is 0 Å². The molecule has 0 unspecified atom stereocenters. The van der Waals surface area contributed by atoms with Gasteiger partial charge in [-0.15, -0.1) is 0 Å². The van der Waals surface area contributed by atoms with E-state index in [-0.39, 0.29) is 6.04 Å². The fourth-order valence-electron chi connectivity index (χ4n) is 3.75. The third kappa shape index (κ3) is 3.35. The number of piperazine rings is 1. The van der Waals surface area contributed by atoms with Gasteiger partial charge in [0, 0.05) is 30.9 Å². The molecule has 0 spiro atoms. The maximum Gasteiger partial charge on any atom is 0.115 e. The van der Waals surface area contributed by atoms with Crippen LogP contribution in [0.5, 0.6) is 5.75 Å². The molecule has 1 aliphatic heterocycles. The number of thiophene rings is 1. The molecule has 4 heteroatoms. The Kier molecular flexibility index (Phi) is 4.97. The van der Waals surface area contributed by atoms with E-state index in [0.717, 1.165) is 24.4 Å². The second kappa shape index (κ2) is 6.99. The molecular formula is C20H26N2OS. The molecule has 0 bridgehead atoms. The quantitative estimate of drug-likeness (QED) is 0.888. The summed E-state index contributed by atoms with van der Waals surface area (Å²) in [5, 5.41) is 14.3. The Balaban J connectivity index is 1.96. The van der Waals surface area contributed by atoms with Gasteiger partial charge in [-0.1, -0.05) is 18.7 Å². The average Bonchev–Trinajstić information content (AvgIpc) is 3.04. The first-order chi connectivity index (χ1) is 11.5. The number of rotatable bonds is 4. The number of hydrogen-bond acceptors (Lipinski definition) is 4. The summed E-state index contributed by atoms with van der Waals surface area (Å²) in [7, 11) is 0. The van der Waals surface area contributed by atoms with Crippen LogP contribution >= 0.6 is 11.3 Å². The van der Waals surface area contributed by atoms with E-state index in [1.54, 1.807) is 17.4 Å². The molecule has 0 saturated carbocycles. The first kappa shape index (κ1) is 17.1. The van der Waals surface area contributed by atoms with Crippen molar-refractivity contribution in [1.82, 2.24) is 9.80 Å². The van der Waals surface area contributed by atoms with Crippen LogP contribution in [0.25, 0.3) is 0 Å². The van der Waals surface area contributed by atoms with Crippen LogP contribution < -0.4 is 0 Å². The van der Waals surface area contributed by atoms with E-state index in [2.05, 4.69) is 60.0 Å². The Morgan fingerprint density at radius 1 is 1.21 bits per heavy atom. The maximum atomic E-state index is 9.95. The van der Waals surface area contributed by atoms with Gasteiger partial charge in [-0.25, -0.2) is 0 Å². The molecule has 1 saturated heterocycles. The molecule has 3 atom stereocenters. The zero-order valence-corrected chi connectivity index (χ0v) is 15.5. The lowest BCUT2D eigenvalue weighted by atomic mass is 9.95. The Bertz CT molecular complexity index is 697. The molecule has 0 aliphatic carbocycles. The minimum absolute atomic E-state index is 0.174.